The third kappa shape index (κ3) is 4.24. The monoisotopic (exact) mass is 271 g/mol. The Morgan fingerprint density at radius 2 is 2.10 bits per heavy atom. The van der Waals surface area contributed by atoms with E-state index in [1.807, 2.05) is 24.3 Å². The number of carboxylic acid groups (broad SMARTS) is 1. The summed E-state index contributed by atoms with van der Waals surface area (Å²) in [5, 5.41) is 15.9. The predicted octanol–water partition coefficient (Wildman–Crippen LogP) is 3.32. The van der Waals surface area contributed by atoms with Crippen LogP contribution in [0.25, 0.3) is 5.57 Å². The molecule has 0 amide bonds. The molecule has 0 saturated carbocycles. The molecule has 0 unspecified atom stereocenters. The van der Waals surface area contributed by atoms with Gasteiger partial charge >= 0.3 is 5.97 Å². The van der Waals surface area contributed by atoms with Crippen molar-refractivity contribution in [3.63, 3.8) is 0 Å². The molecule has 0 aliphatic rings. The molecule has 4 nitrogen and oxygen atoms in total. The Morgan fingerprint density at radius 1 is 1.40 bits per heavy atom. The molecule has 20 heavy (non-hydrogen) atoms. The van der Waals surface area contributed by atoms with E-state index < -0.39 is 5.97 Å². The first-order chi connectivity index (χ1) is 9.62. The van der Waals surface area contributed by atoms with Crippen LogP contribution in [0.1, 0.15) is 12.0 Å². The average Bonchev–Trinajstić information content (AvgIpc) is 2.46. The van der Waals surface area contributed by atoms with Gasteiger partial charge in [-0.05, 0) is 17.2 Å². The fourth-order valence-corrected chi connectivity index (χ4v) is 1.68. The minimum atomic E-state index is -0.967. The van der Waals surface area contributed by atoms with Gasteiger partial charge in [0, 0.05) is 11.8 Å². The number of rotatable bonds is 7. The Hall–Kier alpha value is -2.62. The second-order valence-electron chi connectivity index (χ2n) is 3.98. The number of hydrogen-bond acceptors (Lipinski definition) is 3. The fourth-order valence-electron chi connectivity index (χ4n) is 1.68. The highest BCUT2D eigenvalue weighted by Gasteiger charge is 2.05. The van der Waals surface area contributed by atoms with Crippen molar-refractivity contribution in [3.8, 4) is 5.75 Å². The summed E-state index contributed by atoms with van der Waals surface area (Å²) < 4.78 is 5.28. The maximum atomic E-state index is 10.6. The Labute approximate surface area is 118 Å². The number of para-hydroxylation sites is 1. The second-order valence-corrected chi connectivity index (χ2v) is 3.98. The van der Waals surface area contributed by atoms with Crippen LogP contribution in [0.3, 0.4) is 0 Å². The smallest absolute Gasteiger partial charge is 0.307 e. The largest absolute Gasteiger partial charge is 0.496 e. The lowest BCUT2D eigenvalue weighted by Crippen LogP contribution is -1.97. The van der Waals surface area contributed by atoms with Crippen LogP contribution in [0.5, 0.6) is 5.75 Å². The van der Waals surface area contributed by atoms with Crippen LogP contribution in [0.15, 0.2) is 54.6 Å². The number of hydrogen-bond donors (Lipinski definition) is 2. The molecule has 1 aromatic rings. The molecule has 0 atom stereocenters. The molecule has 0 spiro atoms. The van der Waals surface area contributed by atoms with Gasteiger partial charge in [0.1, 0.15) is 5.75 Å². The maximum absolute atomic E-state index is 10.6. The van der Waals surface area contributed by atoms with E-state index in [4.69, 9.17) is 15.3 Å². The number of methoxy groups -OCH3 is 1. The van der Waals surface area contributed by atoms with E-state index in [1.54, 1.807) is 25.3 Å². The van der Waals surface area contributed by atoms with E-state index in [9.17, 15) is 4.79 Å². The van der Waals surface area contributed by atoms with Crippen LogP contribution >= 0.6 is 0 Å². The van der Waals surface area contributed by atoms with Gasteiger partial charge in [-0.15, -0.1) is 0 Å². The SMILES string of the molecule is C=C/C(=C\C=C(C=N)CC(=O)O)c1ccccc1OC. The molecule has 2 N–H and O–H groups in total. The highest BCUT2D eigenvalue weighted by atomic mass is 16.5. The van der Waals surface area contributed by atoms with Crippen LogP contribution < -0.4 is 4.74 Å². The molecule has 1 rings (SSSR count). The summed E-state index contributed by atoms with van der Waals surface area (Å²) in [5.41, 5.74) is 2.07. The van der Waals surface area contributed by atoms with Crippen molar-refractivity contribution in [1.29, 1.82) is 5.41 Å². The topological polar surface area (TPSA) is 70.4 Å². The van der Waals surface area contributed by atoms with E-state index in [1.165, 1.54) is 0 Å². The van der Waals surface area contributed by atoms with Gasteiger partial charge in [-0.2, -0.15) is 0 Å². The number of aliphatic carboxylic acids is 1. The van der Waals surface area contributed by atoms with Crippen molar-refractivity contribution in [2.75, 3.05) is 7.11 Å². The number of benzene rings is 1. The Kier molecular flexibility index (Phi) is 5.97. The number of carboxylic acids is 1. The first-order valence-corrected chi connectivity index (χ1v) is 6.01. The fraction of sp³-hybridized carbons (Fsp3) is 0.125. The van der Waals surface area contributed by atoms with Gasteiger partial charge in [-0.1, -0.05) is 43.0 Å². The first kappa shape index (κ1) is 15.4. The minimum absolute atomic E-state index is 0.184. The van der Waals surface area contributed by atoms with Crippen molar-refractivity contribution in [3.05, 3.63) is 60.2 Å². The molecule has 104 valence electrons. The molecule has 0 saturated heterocycles. The Balaban J connectivity index is 3.14. The van der Waals surface area contributed by atoms with E-state index in [0.29, 0.717) is 11.3 Å². The molecular weight excluding hydrogens is 254 g/mol. The normalized spacial score (nSPS) is 11.8. The molecule has 0 aromatic heterocycles. The van der Waals surface area contributed by atoms with Gasteiger partial charge in [0.05, 0.1) is 13.5 Å². The lowest BCUT2D eigenvalue weighted by molar-refractivity contribution is -0.136. The molecule has 4 heteroatoms. The highest BCUT2D eigenvalue weighted by Crippen LogP contribution is 2.26. The number of ether oxygens (including phenoxy) is 1. The van der Waals surface area contributed by atoms with Crippen molar-refractivity contribution in [2.45, 2.75) is 6.42 Å². The van der Waals surface area contributed by atoms with E-state index in [0.717, 1.165) is 17.4 Å². The number of allylic oxidation sites excluding steroid dienone is 4. The zero-order chi connectivity index (χ0) is 15.0. The van der Waals surface area contributed by atoms with Crippen LogP contribution in [-0.4, -0.2) is 24.4 Å². The highest BCUT2D eigenvalue weighted by molar-refractivity contribution is 5.86. The summed E-state index contributed by atoms with van der Waals surface area (Å²) in [6.07, 6.45) is 5.85. The maximum Gasteiger partial charge on any atom is 0.307 e. The average molecular weight is 271 g/mol. The van der Waals surface area contributed by atoms with Crippen molar-refractivity contribution < 1.29 is 14.6 Å². The van der Waals surface area contributed by atoms with Crippen LogP contribution in [-0.2, 0) is 4.79 Å². The van der Waals surface area contributed by atoms with Gasteiger partial charge in [0.15, 0.2) is 0 Å². The van der Waals surface area contributed by atoms with E-state index in [2.05, 4.69) is 6.58 Å². The summed E-state index contributed by atoms with van der Waals surface area (Å²) >= 11 is 0. The quantitative estimate of drug-likeness (QED) is 0.590. The third-order valence-electron chi connectivity index (χ3n) is 2.66. The van der Waals surface area contributed by atoms with Gasteiger partial charge < -0.3 is 15.3 Å². The minimum Gasteiger partial charge on any atom is -0.496 e. The molecule has 0 heterocycles. The molecule has 0 fully saturated rings. The van der Waals surface area contributed by atoms with Gasteiger partial charge in [-0.25, -0.2) is 0 Å². The standard InChI is InChI=1S/C16H17NO3/c1-3-13(9-8-12(11-17)10-16(18)19)14-6-4-5-7-15(14)20-2/h3-9,11,17H,1,10H2,2H3,(H,18,19)/b12-8?,13-9+,17-11?. The van der Waals surface area contributed by atoms with Crippen LogP contribution in [0.4, 0.5) is 0 Å². The Bertz CT molecular complexity index is 571. The molecule has 0 bridgehead atoms. The first-order valence-electron chi connectivity index (χ1n) is 6.01. The number of nitrogens with one attached hydrogen (secondary N) is 1. The van der Waals surface area contributed by atoms with Crippen LogP contribution in [0, 0.1) is 5.41 Å². The molecule has 0 aliphatic carbocycles. The van der Waals surface area contributed by atoms with Crippen LogP contribution in [0.2, 0.25) is 0 Å². The van der Waals surface area contributed by atoms with Gasteiger partial charge in [0.2, 0.25) is 0 Å². The second kappa shape index (κ2) is 7.74. The summed E-state index contributed by atoms with van der Waals surface area (Å²) in [6.45, 7) is 3.75. The summed E-state index contributed by atoms with van der Waals surface area (Å²) in [4.78, 5) is 10.6. The molecule has 0 radical (unpaired) electrons. The summed E-state index contributed by atoms with van der Waals surface area (Å²) in [7, 11) is 1.59. The van der Waals surface area contributed by atoms with E-state index >= 15 is 0 Å². The van der Waals surface area contributed by atoms with E-state index in [-0.39, 0.29) is 6.42 Å². The zero-order valence-corrected chi connectivity index (χ0v) is 11.3. The summed E-state index contributed by atoms with van der Waals surface area (Å²) in [5.74, 6) is -0.257. The molecule has 0 aliphatic heterocycles. The van der Waals surface area contributed by atoms with Gasteiger partial charge in [-0.3, -0.25) is 4.79 Å². The number of carbonyl (C=O) groups is 1. The Morgan fingerprint density at radius 3 is 2.65 bits per heavy atom. The zero-order valence-electron chi connectivity index (χ0n) is 11.3. The van der Waals surface area contributed by atoms with Crippen molar-refractivity contribution >= 4 is 17.8 Å². The molecule has 1 aromatic carbocycles. The van der Waals surface area contributed by atoms with Crippen molar-refractivity contribution in [2.24, 2.45) is 0 Å². The molecular formula is C16H17NO3. The van der Waals surface area contributed by atoms with Crippen molar-refractivity contribution in [1.82, 2.24) is 0 Å². The third-order valence-corrected chi connectivity index (χ3v) is 2.66. The van der Waals surface area contributed by atoms with Gasteiger partial charge in [0.25, 0.3) is 0 Å². The lowest BCUT2D eigenvalue weighted by Gasteiger charge is -2.08. The lowest BCUT2D eigenvalue weighted by atomic mass is 10.0. The predicted molar refractivity (Wildman–Crippen MR) is 80.3 cm³/mol. The summed E-state index contributed by atoms with van der Waals surface area (Å²) in [6, 6.07) is 7.48.